The summed E-state index contributed by atoms with van der Waals surface area (Å²) in [5.41, 5.74) is 4.20. The molecule has 2 N–H and O–H groups in total. The quantitative estimate of drug-likeness (QED) is 0.879. The van der Waals surface area contributed by atoms with Crippen LogP contribution in [-0.4, -0.2) is 26.8 Å². The highest BCUT2D eigenvalue weighted by Crippen LogP contribution is 2.23. The van der Waals surface area contributed by atoms with Gasteiger partial charge in [0.05, 0.1) is 16.8 Å². The number of rotatable bonds is 5. The molecule has 128 valence electrons. The molecule has 6 nitrogen and oxygen atoms in total. The third kappa shape index (κ3) is 3.32. The number of hydrogen-bond donors (Lipinski definition) is 2. The first-order valence-corrected chi connectivity index (χ1v) is 7.96. The highest BCUT2D eigenvalue weighted by molar-refractivity contribution is 6.06. The van der Waals surface area contributed by atoms with Gasteiger partial charge in [-0.3, -0.25) is 9.48 Å². The van der Waals surface area contributed by atoms with Crippen LogP contribution in [0, 0.1) is 27.7 Å². The van der Waals surface area contributed by atoms with Crippen LogP contribution < -0.4 is 5.32 Å². The normalized spacial score (nSPS) is 10.7. The Morgan fingerprint density at radius 2 is 1.83 bits per heavy atom. The van der Waals surface area contributed by atoms with Crippen molar-refractivity contribution in [1.29, 1.82) is 0 Å². The molecule has 0 atom stereocenters. The maximum absolute atomic E-state index is 12.7. The van der Waals surface area contributed by atoms with Gasteiger partial charge in [-0.1, -0.05) is 13.0 Å². The van der Waals surface area contributed by atoms with Gasteiger partial charge >= 0.3 is 5.97 Å². The molecule has 2 aromatic rings. The Morgan fingerprint density at radius 1 is 1.17 bits per heavy atom. The molecule has 24 heavy (non-hydrogen) atoms. The van der Waals surface area contributed by atoms with Gasteiger partial charge in [-0.05, 0) is 51.3 Å². The monoisotopic (exact) mass is 329 g/mol. The summed E-state index contributed by atoms with van der Waals surface area (Å²) in [4.78, 5) is 24.0. The van der Waals surface area contributed by atoms with Crippen molar-refractivity contribution < 1.29 is 14.7 Å². The van der Waals surface area contributed by atoms with E-state index >= 15 is 0 Å². The lowest BCUT2D eigenvalue weighted by atomic mass is 10.0. The number of anilines is 1. The predicted molar refractivity (Wildman–Crippen MR) is 92.8 cm³/mol. The maximum Gasteiger partial charge on any atom is 0.336 e. The highest BCUT2D eigenvalue weighted by Gasteiger charge is 2.20. The summed E-state index contributed by atoms with van der Waals surface area (Å²) in [5.74, 6) is -1.28. The maximum atomic E-state index is 12.7. The lowest BCUT2D eigenvalue weighted by Gasteiger charge is -2.12. The first kappa shape index (κ1) is 17.7. The van der Waals surface area contributed by atoms with Gasteiger partial charge in [-0.2, -0.15) is 5.10 Å². The van der Waals surface area contributed by atoms with Crippen LogP contribution in [0.2, 0.25) is 0 Å². The van der Waals surface area contributed by atoms with Crippen LogP contribution >= 0.6 is 0 Å². The Bertz CT molecular complexity index is 806. The van der Waals surface area contributed by atoms with E-state index in [-0.39, 0.29) is 11.5 Å². The molecule has 0 fully saturated rings. The lowest BCUT2D eigenvalue weighted by molar-refractivity contribution is 0.0695. The van der Waals surface area contributed by atoms with Crippen LogP contribution in [0.5, 0.6) is 0 Å². The number of carbonyl (C=O) groups is 2. The third-order valence-corrected chi connectivity index (χ3v) is 4.09. The Balaban J connectivity index is 2.37. The van der Waals surface area contributed by atoms with Gasteiger partial charge in [-0.25, -0.2) is 4.79 Å². The summed E-state index contributed by atoms with van der Waals surface area (Å²) >= 11 is 0. The summed E-state index contributed by atoms with van der Waals surface area (Å²) in [6, 6.07) is 3.27. The SMILES string of the molecule is CCCn1nc(C)c(C(=O)Nc2cc(C(=O)O)c(C)cc2C)c1C. The van der Waals surface area contributed by atoms with E-state index in [9.17, 15) is 14.7 Å². The second-order valence-electron chi connectivity index (χ2n) is 6.01. The molecule has 0 bridgehead atoms. The first-order valence-electron chi connectivity index (χ1n) is 7.96. The van der Waals surface area contributed by atoms with Crippen LogP contribution in [0.3, 0.4) is 0 Å². The number of nitrogens with one attached hydrogen (secondary N) is 1. The van der Waals surface area contributed by atoms with Gasteiger partial charge in [0.25, 0.3) is 5.91 Å². The van der Waals surface area contributed by atoms with Crippen LogP contribution in [0.15, 0.2) is 12.1 Å². The summed E-state index contributed by atoms with van der Waals surface area (Å²) < 4.78 is 1.83. The van der Waals surface area contributed by atoms with Crippen molar-refractivity contribution in [3.8, 4) is 0 Å². The van der Waals surface area contributed by atoms with Crippen LogP contribution in [0.25, 0.3) is 0 Å². The van der Waals surface area contributed by atoms with Crippen LogP contribution in [0.4, 0.5) is 5.69 Å². The molecule has 0 radical (unpaired) electrons. The number of aryl methyl sites for hydroxylation is 4. The largest absolute Gasteiger partial charge is 0.478 e. The van der Waals surface area contributed by atoms with E-state index in [2.05, 4.69) is 17.3 Å². The minimum absolute atomic E-state index is 0.186. The van der Waals surface area contributed by atoms with E-state index in [1.165, 1.54) is 6.07 Å². The summed E-state index contributed by atoms with van der Waals surface area (Å²) in [5, 5.41) is 16.5. The summed E-state index contributed by atoms with van der Waals surface area (Å²) in [7, 11) is 0. The van der Waals surface area contributed by atoms with Gasteiger partial charge in [0, 0.05) is 17.9 Å². The molecule has 0 unspecified atom stereocenters. The van der Waals surface area contributed by atoms with Crippen molar-refractivity contribution in [3.05, 3.63) is 45.8 Å². The molecule has 0 spiro atoms. The van der Waals surface area contributed by atoms with Gasteiger partial charge in [-0.15, -0.1) is 0 Å². The number of benzene rings is 1. The second kappa shape index (κ2) is 6.86. The Morgan fingerprint density at radius 3 is 2.42 bits per heavy atom. The van der Waals surface area contributed by atoms with Crippen molar-refractivity contribution in [2.75, 3.05) is 5.32 Å². The molecule has 1 heterocycles. The number of hydrogen-bond acceptors (Lipinski definition) is 3. The average molecular weight is 329 g/mol. The number of aromatic nitrogens is 2. The number of carbonyl (C=O) groups excluding carboxylic acids is 1. The van der Waals surface area contributed by atoms with Gasteiger partial charge in [0.1, 0.15) is 0 Å². The third-order valence-electron chi connectivity index (χ3n) is 4.09. The zero-order chi connectivity index (χ0) is 18.0. The van der Waals surface area contributed by atoms with Gasteiger partial charge < -0.3 is 10.4 Å². The van der Waals surface area contributed by atoms with Crippen molar-refractivity contribution in [3.63, 3.8) is 0 Å². The van der Waals surface area contributed by atoms with Crippen molar-refractivity contribution in [1.82, 2.24) is 9.78 Å². The molecule has 0 aliphatic carbocycles. The van der Waals surface area contributed by atoms with E-state index < -0.39 is 5.97 Å². The molecule has 0 aliphatic heterocycles. The minimum atomic E-state index is -1.01. The van der Waals surface area contributed by atoms with Gasteiger partial charge in [0.15, 0.2) is 0 Å². The number of aromatic carboxylic acids is 1. The molecule has 1 aromatic heterocycles. The molecular weight excluding hydrogens is 306 g/mol. The molecule has 1 amide bonds. The topological polar surface area (TPSA) is 84.2 Å². The number of nitrogens with zero attached hydrogens (tertiary/aromatic N) is 2. The summed E-state index contributed by atoms with van der Waals surface area (Å²) in [6.45, 7) is 10.1. The lowest BCUT2D eigenvalue weighted by Crippen LogP contribution is -2.16. The fourth-order valence-electron chi connectivity index (χ4n) is 2.86. The Labute approximate surface area is 141 Å². The van der Waals surface area contributed by atoms with Crippen LogP contribution in [-0.2, 0) is 6.54 Å². The molecule has 1 aromatic carbocycles. The van der Waals surface area contributed by atoms with E-state index in [1.807, 2.05) is 18.5 Å². The Kier molecular flexibility index (Phi) is 5.07. The van der Waals surface area contributed by atoms with E-state index in [0.29, 0.717) is 22.5 Å². The highest BCUT2D eigenvalue weighted by atomic mass is 16.4. The molecular formula is C18H23N3O3. The number of carboxylic acid groups (broad SMARTS) is 1. The van der Waals surface area contributed by atoms with E-state index in [0.717, 1.165) is 24.2 Å². The predicted octanol–water partition coefficient (Wildman–Crippen LogP) is 3.48. The second-order valence-corrected chi connectivity index (χ2v) is 6.01. The standard InChI is InChI=1S/C18H23N3O3/c1-6-7-21-13(5)16(12(4)20-21)17(22)19-15-9-14(18(23)24)10(2)8-11(15)3/h8-9H,6-7H2,1-5H3,(H,19,22)(H,23,24). The zero-order valence-electron chi connectivity index (χ0n) is 14.7. The minimum Gasteiger partial charge on any atom is -0.478 e. The average Bonchev–Trinajstić information content (AvgIpc) is 2.76. The van der Waals surface area contributed by atoms with Gasteiger partial charge in [0.2, 0.25) is 0 Å². The van der Waals surface area contributed by atoms with Crippen LogP contribution in [0.1, 0.15) is 56.6 Å². The zero-order valence-corrected chi connectivity index (χ0v) is 14.7. The van der Waals surface area contributed by atoms with Crippen molar-refractivity contribution >= 4 is 17.6 Å². The number of carboxylic acids is 1. The molecule has 0 saturated carbocycles. The number of amides is 1. The molecule has 2 rings (SSSR count). The molecule has 0 aliphatic rings. The smallest absolute Gasteiger partial charge is 0.336 e. The van der Waals surface area contributed by atoms with Crippen molar-refractivity contribution in [2.45, 2.75) is 47.6 Å². The molecule has 6 heteroatoms. The fourth-order valence-corrected chi connectivity index (χ4v) is 2.86. The Hall–Kier alpha value is -2.63. The van der Waals surface area contributed by atoms with E-state index in [1.54, 1.807) is 19.9 Å². The van der Waals surface area contributed by atoms with Crippen molar-refractivity contribution in [2.24, 2.45) is 0 Å². The fraction of sp³-hybridized carbons (Fsp3) is 0.389. The van der Waals surface area contributed by atoms with E-state index in [4.69, 9.17) is 0 Å². The molecule has 0 saturated heterocycles. The summed E-state index contributed by atoms with van der Waals surface area (Å²) in [6.07, 6.45) is 0.933. The first-order chi connectivity index (χ1) is 11.3.